The zero-order chi connectivity index (χ0) is 20.8. The number of aryl methyl sites for hydroxylation is 1. The number of hydrogen-bond acceptors (Lipinski definition) is 6. The number of halogens is 1. The first-order valence-electron chi connectivity index (χ1n) is 8.91. The highest BCUT2D eigenvalue weighted by Gasteiger charge is 2.26. The van der Waals surface area contributed by atoms with Crippen molar-refractivity contribution in [2.45, 2.75) is 6.92 Å². The summed E-state index contributed by atoms with van der Waals surface area (Å²) in [6, 6.07) is 14.9. The maximum Gasteiger partial charge on any atom is 0.279 e. The van der Waals surface area contributed by atoms with Crippen molar-refractivity contribution in [3.05, 3.63) is 84.3 Å². The van der Waals surface area contributed by atoms with E-state index in [1.54, 1.807) is 10.6 Å². The van der Waals surface area contributed by atoms with Gasteiger partial charge in [-0.05, 0) is 37.3 Å². The van der Waals surface area contributed by atoms with Crippen molar-refractivity contribution in [2.24, 2.45) is 9.98 Å². The molecule has 1 N–H and O–H groups in total. The van der Waals surface area contributed by atoms with Gasteiger partial charge in [-0.1, -0.05) is 45.5 Å². The Bertz CT molecular complexity index is 1500. The average Bonchev–Trinajstić information content (AvgIpc) is 3.37. The minimum Gasteiger partial charge on any atom is -0.493 e. The van der Waals surface area contributed by atoms with Gasteiger partial charge < -0.3 is 5.11 Å². The minimum absolute atomic E-state index is 0.0513. The van der Waals surface area contributed by atoms with E-state index in [9.17, 15) is 9.90 Å². The zero-order valence-corrected chi connectivity index (χ0v) is 18.8. The quantitative estimate of drug-likeness (QED) is 0.472. The van der Waals surface area contributed by atoms with Crippen LogP contribution in [0.25, 0.3) is 11.3 Å². The third-order valence-corrected chi connectivity index (χ3v) is 6.90. The lowest BCUT2D eigenvalue weighted by atomic mass is 10.1. The first kappa shape index (κ1) is 19.1. The molecule has 0 spiro atoms. The summed E-state index contributed by atoms with van der Waals surface area (Å²) < 4.78 is 2.46. The summed E-state index contributed by atoms with van der Waals surface area (Å²) in [6.07, 6.45) is 0. The molecule has 5 rings (SSSR count). The van der Waals surface area contributed by atoms with Crippen LogP contribution in [0, 0.1) is 6.92 Å². The number of amides is 1. The number of nitrogens with zero attached hydrogens (tertiary/aromatic N) is 4. The molecule has 1 aliphatic rings. The fourth-order valence-corrected chi connectivity index (χ4v) is 5.36. The number of para-hydroxylation sites is 1. The molecule has 0 unspecified atom stereocenters. The van der Waals surface area contributed by atoms with Gasteiger partial charge in [-0.15, -0.1) is 11.3 Å². The molecule has 6 nitrogen and oxygen atoms in total. The van der Waals surface area contributed by atoms with Gasteiger partial charge in [0.2, 0.25) is 11.0 Å². The van der Waals surface area contributed by atoms with Crippen molar-refractivity contribution >= 4 is 55.2 Å². The molecule has 0 saturated heterocycles. The molecule has 0 radical (unpaired) electrons. The van der Waals surface area contributed by atoms with Crippen LogP contribution in [-0.4, -0.2) is 20.6 Å². The topological polar surface area (TPSA) is 79.8 Å². The molecule has 0 bridgehead atoms. The van der Waals surface area contributed by atoms with Gasteiger partial charge in [-0.25, -0.2) is 9.98 Å². The smallest absolute Gasteiger partial charge is 0.279 e. The molecule has 0 aliphatic carbocycles. The number of carbonyl (C=O) groups is 1. The van der Waals surface area contributed by atoms with Crippen LogP contribution in [0.5, 0.6) is 5.88 Å². The predicted molar refractivity (Wildman–Crippen MR) is 120 cm³/mol. The van der Waals surface area contributed by atoms with Crippen LogP contribution < -0.4 is 15.4 Å². The van der Waals surface area contributed by atoms with Crippen LogP contribution >= 0.6 is 38.6 Å². The number of thiazole rings is 2. The fraction of sp³-hybridized carbons (Fsp3) is 0.0476. The molecule has 3 heterocycles. The first-order chi connectivity index (χ1) is 14.5. The van der Waals surface area contributed by atoms with Crippen molar-refractivity contribution in [3.8, 4) is 11.6 Å². The van der Waals surface area contributed by atoms with Gasteiger partial charge in [0.15, 0.2) is 4.80 Å². The molecular formula is C21H13BrN4O2S2. The van der Waals surface area contributed by atoms with E-state index in [0.717, 1.165) is 15.9 Å². The van der Waals surface area contributed by atoms with E-state index in [0.29, 0.717) is 31.0 Å². The molecule has 0 fully saturated rings. The summed E-state index contributed by atoms with van der Waals surface area (Å²) >= 11 is 6.11. The SMILES string of the molecule is Cc1csc(/N=c2/sc(C3=c4cc(Br)ccc4=NC3=O)c(O)n2-c2ccccc2)n1. The monoisotopic (exact) mass is 496 g/mol. The van der Waals surface area contributed by atoms with Crippen molar-refractivity contribution in [3.63, 3.8) is 0 Å². The van der Waals surface area contributed by atoms with E-state index in [2.05, 4.69) is 30.9 Å². The van der Waals surface area contributed by atoms with Gasteiger partial charge in [-0.2, -0.15) is 4.99 Å². The highest BCUT2D eigenvalue weighted by molar-refractivity contribution is 9.10. The lowest BCUT2D eigenvalue weighted by molar-refractivity contribution is -0.112. The number of carbonyl (C=O) groups excluding carboxylic acids is 1. The molecule has 30 heavy (non-hydrogen) atoms. The Morgan fingerprint density at radius 3 is 2.70 bits per heavy atom. The van der Waals surface area contributed by atoms with Crippen molar-refractivity contribution in [1.29, 1.82) is 0 Å². The van der Waals surface area contributed by atoms with Crippen LogP contribution in [0.1, 0.15) is 10.6 Å². The van der Waals surface area contributed by atoms with Crippen LogP contribution in [0.2, 0.25) is 0 Å². The Labute approximate surface area is 187 Å². The van der Waals surface area contributed by atoms with E-state index in [1.807, 2.05) is 54.8 Å². The molecule has 4 aromatic rings. The maximum atomic E-state index is 12.7. The lowest BCUT2D eigenvalue weighted by Crippen LogP contribution is -2.22. The van der Waals surface area contributed by atoms with E-state index in [1.165, 1.54) is 22.7 Å². The molecule has 1 amide bonds. The Morgan fingerprint density at radius 2 is 1.97 bits per heavy atom. The molecule has 0 atom stereocenters. The fourth-order valence-electron chi connectivity index (χ4n) is 3.20. The van der Waals surface area contributed by atoms with Crippen LogP contribution in [0.4, 0.5) is 5.13 Å². The third-order valence-electron chi connectivity index (χ3n) is 4.50. The second-order valence-corrected chi connectivity index (χ2v) is 9.27. The van der Waals surface area contributed by atoms with Crippen molar-refractivity contribution < 1.29 is 9.90 Å². The standard InChI is InChI=1S/C21H13BrN4O2S2/c1-11-10-29-20(23-11)25-21-26(13-5-3-2-4-6-13)19(28)17(30-21)16-14-9-12(22)7-8-15(14)24-18(16)27/h2-10,28H,1H3/b25-21+. The zero-order valence-electron chi connectivity index (χ0n) is 15.5. The van der Waals surface area contributed by atoms with E-state index < -0.39 is 0 Å². The largest absolute Gasteiger partial charge is 0.493 e. The van der Waals surface area contributed by atoms with Crippen LogP contribution in [-0.2, 0) is 4.79 Å². The summed E-state index contributed by atoms with van der Waals surface area (Å²) in [5.74, 6) is -0.430. The molecule has 148 valence electrons. The van der Waals surface area contributed by atoms with Crippen molar-refractivity contribution in [2.75, 3.05) is 0 Å². The number of aromatic nitrogens is 2. The molecule has 0 saturated carbocycles. The van der Waals surface area contributed by atoms with Crippen molar-refractivity contribution in [1.82, 2.24) is 9.55 Å². The Balaban J connectivity index is 1.84. The van der Waals surface area contributed by atoms with Gasteiger partial charge in [0, 0.05) is 15.1 Å². The molecule has 2 aromatic carbocycles. The average molecular weight is 497 g/mol. The number of aromatic hydroxyl groups is 1. The predicted octanol–water partition coefficient (Wildman–Crippen LogP) is 3.36. The molecule has 2 aromatic heterocycles. The van der Waals surface area contributed by atoms with E-state index in [4.69, 9.17) is 0 Å². The van der Waals surface area contributed by atoms with Gasteiger partial charge in [0.05, 0.1) is 22.3 Å². The number of hydrogen-bond donors (Lipinski definition) is 1. The van der Waals surface area contributed by atoms with Gasteiger partial charge >= 0.3 is 0 Å². The van der Waals surface area contributed by atoms with E-state index in [-0.39, 0.29) is 11.8 Å². The maximum absolute atomic E-state index is 12.7. The Hall–Kier alpha value is -2.88. The highest BCUT2D eigenvalue weighted by atomic mass is 79.9. The molecular weight excluding hydrogens is 484 g/mol. The second-order valence-electron chi connectivity index (χ2n) is 6.55. The van der Waals surface area contributed by atoms with Gasteiger partial charge in [-0.3, -0.25) is 9.36 Å². The molecule has 9 heteroatoms. The number of fused-ring (bicyclic) bond motifs is 1. The summed E-state index contributed by atoms with van der Waals surface area (Å²) in [4.78, 5) is 26.9. The highest BCUT2D eigenvalue weighted by Crippen LogP contribution is 2.31. The van der Waals surface area contributed by atoms with E-state index >= 15 is 0 Å². The summed E-state index contributed by atoms with van der Waals surface area (Å²) in [6.45, 7) is 1.90. The van der Waals surface area contributed by atoms with Crippen LogP contribution in [0.15, 0.2) is 68.4 Å². The van der Waals surface area contributed by atoms with Crippen LogP contribution in [0.3, 0.4) is 0 Å². The van der Waals surface area contributed by atoms with Gasteiger partial charge in [0.25, 0.3) is 5.91 Å². The summed E-state index contributed by atoms with van der Waals surface area (Å²) in [7, 11) is 0. The minimum atomic E-state index is -0.378. The number of benzene rings is 2. The number of rotatable bonds is 3. The summed E-state index contributed by atoms with van der Waals surface area (Å²) in [5, 5.41) is 15.0. The first-order valence-corrected chi connectivity index (χ1v) is 11.4. The lowest BCUT2D eigenvalue weighted by Gasteiger charge is -2.05. The Morgan fingerprint density at radius 1 is 1.17 bits per heavy atom. The Kier molecular flexibility index (Phi) is 4.73. The molecule has 1 aliphatic heterocycles. The normalized spacial score (nSPS) is 13.6. The second kappa shape index (κ2) is 7.42. The van der Waals surface area contributed by atoms with Gasteiger partial charge in [0.1, 0.15) is 4.88 Å². The summed E-state index contributed by atoms with van der Waals surface area (Å²) in [5.41, 5.74) is 1.99. The third kappa shape index (κ3) is 3.24.